The Labute approximate surface area is 786 Å². The standard InChI is InChI=1S/C6H14N2.C6H13N.C5H11N.2C5H5N.C4H10N2.3C4H4N2.C4H9NO.C4H9N.C3H8N2.C3H6N2.23C2H6/c1-7-3-5-8(2)6-4-7;1-7-5-3-2-4-6-7;3*1-2-4-6-5-3-1;2*1-2-6-4-3-5-1;1-2-5-4-6-3-1;1-2-4-6-5-3-1;1-3-6-4-2-5-1;1-2-4-5-3-1;2*1-2-5-3-4-1;23*1-2/h3-6H2,1-2H3;2-6H2,1H3;6H,1-5H2;2*1-5H;5-6H,1-4H2;3*1-4H;5H,1-4H2;5H,1-4H2;4-5H,1-3H2;3H,1-2H2,(H,4,5);23*1-2H3. The average Bonchev–Trinajstić information content (AvgIpc) is 1.05. The molecule has 7 fully saturated rings. The monoisotopic (exact) mass is 1770 g/mol. The summed E-state index contributed by atoms with van der Waals surface area (Å²) in [5, 5.41) is 32.3. The molecule has 0 atom stereocenters. The van der Waals surface area contributed by atoms with E-state index < -0.39 is 0 Å². The highest BCUT2D eigenvalue weighted by Crippen LogP contribution is 2.04. The van der Waals surface area contributed by atoms with Gasteiger partial charge in [-0.25, -0.2) is 9.97 Å². The first-order valence-corrected chi connectivity index (χ1v) is 51.3. The number of pyridine rings is 2. The number of nitrogens with zero attached hydrogens (tertiary/aromatic N) is 12. The van der Waals surface area contributed by atoms with Crippen molar-refractivity contribution in [2.75, 3.05) is 172 Å². The maximum atomic E-state index is 5.01. The zero-order chi connectivity index (χ0) is 102. The third-order valence-electron chi connectivity index (χ3n) is 11.1. The molecule has 13 heterocycles. The molecule has 0 aromatic carbocycles. The second kappa shape index (κ2) is 280. The zero-order valence-corrected chi connectivity index (χ0v) is 94.0. The Kier molecular flexibility index (Phi) is 405. The summed E-state index contributed by atoms with van der Waals surface area (Å²) in [7, 11) is 6.54. The fourth-order valence-electron chi connectivity index (χ4n) is 6.65. The smallest absolute Gasteiger partial charge is 0.115 e. The minimum atomic E-state index is 0.889. The van der Waals surface area contributed by atoms with Crippen LogP contribution in [0.25, 0.3) is 0 Å². The van der Waals surface area contributed by atoms with Gasteiger partial charge in [0.2, 0.25) is 0 Å². The van der Waals surface area contributed by atoms with Gasteiger partial charge in [-0.3, -0.25) is 24.9 Å². The minimum Gasteiger partial charge on any atom is -0.379 e. The Balaban J connectivity index is -0.0000000409. The van der Waals surface area contributed by atoms with Crippen molar-refractivity contribution in [3.05, 3.63) is 135 Å². The lowest BCUT2D eigenvalue weighted by molar-refractivity contribution is 0.109. The number of nitrogens with one attached hydrogen (secondary N) is 8. The minimum absolute atomic E-state index is 0.889. The van der Waals surface area contributed by atoms with Crippen LogP contribution in [0.2, 0.25) is 0 Å². The molecule has 21 nitrogen and oxygen atoms in total. The number of hydrogen-bond donors (Lipinski definition) is 8. The van der Waals surface area contributed by atoms with Crippen LogP contribution in [0.4, 0.5) is 0 Å². The van der Waals surface area contributed by atoms with E-state index >= 15 is 0 Å². The van der Waals surface area contributed by atoms with E-state index in [1.165, 1.54) is 123 Å². The van der Waals surface area contributed by atoms with Crippen molar-refractivity contribution >= 4 is 6.34 Å². The molecule has 5 aromatic heterocycles. The van der Waals surface area contributed by atoms with E-state index in [2.05, 4.69) is 123 Å². The molecular formula is C103H240N20O. The van der Waals surface area contributed by atoms with E-state index in [9.17, 15) is 0 Å². The molecule has 13 rings (SSSR count). The lowest BCUT2D eigenvalue weighted by Crippen LogP contribution is -2.42. The predicted molar refractivity (Wildman–Crippen MR) is 582 cm³/mol. The fraction of sp³-hybridized carbons (Fsp3) is 0.777. The molecule has 0 amide bonds. The van der Waals surface area contributed by atoms with Crippen LogP contribution in [0.15, 0.2) is 140 Å². The number of morpholine rings is 1. The van der Waals surface area contributed by atoms with Gasteiger partial charge < -0.3 is 62.0 Å². The van der Waals surface area contributed by atoms with Gasteiger partial charge >= 0.3 is 0 Å². The third-order valence-corrected chi connectivity index (χ3v) is 11.1. The second-order valence-electron chi connectivity index (χ2n) is 18.0. The van der Waals surface area contributed by atoms with Crippen LogP contribution in [0.5, 0.6) is 0 Å². The molecule has 0 radical (unpaired) electrons. The Morgan fingerprint density at radius 3 is 0.556 bits per heavy atom. The molecular weight excluding hydrogens is 1530 g/mol. The van der Waals surface area contributed by atoms with Gasteiger partial charge in [0.1, 0.15) is 6.33 Å². The molecule has 0 unspecified atom stereocenters. The summed E-state index contributed by atoms with van der Waals surface area (Å²) in [5.41, 5.74) is 0. The maximum Gasteiger partial charge on any atom is 0.115 e. The van der Waals surface area contributed by atoms with Crippen molar-refractivity contribution in [1.29, 1.82) is 0 Å². The molecule has 0 aliphatic carbocycles. The van der Waals surface area contributed by atoms with Gasteiger partial charge in [0.05, 0.1) is 26.1 Å². The maximum absolute atomic E-state index is 5.01. The molecule has 5 aromatic rings. The molecule has 21 heteroatoms. The van der Waals surface area contributed by atoms with Crippen molar-refractivity contribution in [2.24, 2.45) is 4.99 Å². The van der Waals surface area contributed by atoms with Gasteiger partial charge in [-0.15, -0.1) is 0 Å². The van der Waals surface area contributed by atoms with E-state index in [0.717, 1.165) is 85.3 Å². The molecule has 8 aliphatic rings. The summed E-state index contributed by atoms with van der Waals surface area (Å²) in [6, 6.07) is 16.9. The summed E-state index contributed by atoms with van der Waals surface area (Å²) in [6.07, 6.45) is 34.7. The average molecular weight is 1780 g/mol. The quantitative estimate of drug-likeness (QED) is 0.0720. The summed E-state index contributed by atoms with van der Waals surface area (Å²) in [4.78, 5) is 33.3. The number of rotatable bonds is 0. The molecule has 0 saturated carbocycles. The van der Waals surface area contributed by atoms with Crippen molar-refractivity contribution < 1.29 is 4.74 Å². The van der Waals surface area contributed by atoms with Crippen LogP contribution < -0.4 is 42.5 Å². The summed E-state index contributed by atoms with van der Waals surface area (Å²) in [5.74, 6) is 0. The molecule has 0 spiro atoms. The second-order valence-corrected chi connectivity index (χ2v) is 18.0. The van der Waals surface area contributed by atoms with Crippen LogP contribution in [0, 0.1) is 0 Å². The highest BCUT2D eigenvalue weighted by Gasteiger charge is 2.08. The molecule has 758 valence electrons. The number of likely N-dealkylation sites (N-methyl/N-ethyl adjacent to an activating group) is 2. The summed E-state index contributed by atoms with van der Waals surface area (Å²) < 4.78 is 5.01. The molecule has 124 heavy (non-hydrogen) atoms. The van der Waals surface area contributed by atoms with Crippen LogP contribution in [0.3, 0.4) is 0 Å². The Hall–Kier alpha value is -5.43. The number of ether oxygens (including phenoxy) is 1. The number of likely N-dealkylation sites (tertiary alicyclic amines) is 1. The number of aromatic nitrogens is 8. The summed E-state index contributed by atoms with van der Waals surface area (Å²) in [6.45, 7) is 118. The van der Waals surface area contributed by atoms with Crippen LogP contribution in [0.1, 0.15) is 370 Å². The number of aliphatic imine (C=N–C) groups is 1. The van der Waals surface area contributed by atoms with Crippen molar-refractivity contribution in [1.82, 2.24) is 97.3 Å². The van der Waals surface area contributed by atoms with Crippen LogP contribution in [-0.4, -0.2) is 233 Å². The largest absolute Gasteiger partial charge is 0.379 e. The van der Waals surface area contributed by atoms with Crippen molar-refractivity contribution in [2.45, 2.75) is 370 Å². The normalized spacial score (nSPS) is 12.4. The first-order chi connectivity index (χ1) is 61.7. The molecule has 7 saturated heterocycles. The van der Waals surface area contributed by atoms with E-state index in [1.54, 1.807) is 86.8 Å². The lowest BCUT2D eigenvalue weighted by Gasteiger charge is -2.28. The van der Waals surface area contributed by atoms with E-state index in [-0.39, 0.29) is 0 Å². The van der Waals surface area contributed by atoms with Gasteiger partial charge in [-0.05, 0) is 141 Å². The van der Waals surface area contributed by atoms with Gasteiger partial charge in [0.25, 0.3) is 0 Å². The predicted octanol–water partition coefficient (Wildman–Crippen LogP) is 26.8. The van der Waals surface area contributed by atoms with E-state index in [0.29, 0.717) is 0 Å². The topological polar surface area (TPSA) is 231 Å². The SMILES string of the molecule is C1=NCCN1.C1CCNC1.C1CCNCC1.C1CNCCN1.C1CNCN1.C1COCCN1.CC.CC.CC.CC.CC.CC.CC.CC.CC.CC.CC.CC.CC.CC.CC.CC.CC.CC.CC.CC.CC.CC.CC.CN1CCCCC1.CN1CCN(C)CC1.c1ccncc1.c1ccncc1.c1ccnnc1.c1cnccn1.c1cncnc1. The Bertz CT molecular complexity index is 1370. The van der Waals surface area contributed by atoms with Crippen molar-refractivity contribution in [3.8, 4) is 0 Å². The van der Waals surface area contributed by atoms with Crippen molar-refractivity contribution in [3.63, 3.8) is 0 Å². The highest BCUT2D eigenvalue weighted by molar-refractivity contribution is 5.56. The Morgan fingerprint density at radius 2 is 0.444 bits per heavy atom. The van der Waals surface area contributed by atoms with E-state index in [4.69, 9.17) is 4.74 Å². The van der Waals surface area contributed by atoms with Gasteiger partial charge in [0, 0.05) is 166 Å². The lowest BCUT2D eigenvalue weighted by atomic mass is 10.1. The number of hydrogen-bond acceptors (Lipinski definition) is 21. The van der Waals surface area contributed by atoms with E-state index in [1.807, 2.05) is 367 Å². The third kappa shape index (κ3) is 273. The fourth-order valence-corrected chi connectivity index (χ4v) is 6.65. The van der Waals surface area contributed by atoms with Crippen LogP contribution >= 0.6 is 0 Å². The highest BCUT2D eigenvalue weighted by atomic mass is 16.5. The van der Waals surface area contributed by atoms with Gasteiger partial charge in [-0.1, -0.05) is 343 Å². The molecule has 8 aliphatic heterocycles. The first-order valence-electron chi connectivity index (χ1n) is 51.3. The van der Waals surface area contributed by atoms with Crippen LogP contribution in [-0.2, 0) is 4.74 Å². The number of piperazine rings is 2. The molecule has 0 bridgehead atoms. The van der Waals surface area contributed by atoms with Gasteiger partial charge in [-0.2, -0.15) is 10.2 Å². The van der Waals surface area contributed by atoms with Gasteiger partial charge in [0.15, 0.2) is 0 Å². The zero-order valence-electron chi connectivity index (χ0n) is 94.0. The first kappa shape index (κ1) is 179. The summed E-state index contributed by atoms with van der Waals surface area (Å²) >= 11 is 0. The molecule has 8 N–H and O–H groups in total. The number of piperidine rings is 2. The Morgan fingerprint density at radius 1 is 0.210 bits per heavy atom.